The molecular formula is C19H26F3NO2. The number of halogens is 3. The van der Waals surface area contributed by atoms with E-state index >= 15 is 0 Å². The molecule has 0 saturated carbocycles. The van der Waals surface area contributed by atoms with Gasteiger partial charge in [0.1, 0.15) is 0 Å². The second-order valence-electron chi connectivity index (χ2n) is 7.34. The molecule has 3 nitrogen and oxygen atoms in total. The fraction of sp³-hybridized carbons (Fsp3) is 0.632. The second kappa shape index (κ2) is 8.21. The summed E-state index contributed by atoms with van der Waals surface area (Å²) in [5.74, 6) is -0.197. The van der Waals surface area contributed by atoms with Crippen molar-refractivity contribution in [2.45, 2.75) is 51.7 Å². The van der Waals surface area contributed by atoms with Crippen molar-refractivity contribution >= 4 is 5.97 Å². The van der Waals surface area contributed by atoms with E-state index in [9.17, 15) is 18.0 Å². The zero-order valence-corrected chi connectivity index (χ0v) is 14.7. The van der Waals surface area contributed by atoms with Gasteiger partial charge in [-0.15, -0.1) is 0 Å². The van der Waals surface area contributed by atoms with Crippen molar-refractivity contribution in [1.82, 2.24) is 4.90 Å². The Morgan fingerprint density at radius 3 is 2.44 bits per heavy atom. The van der Waals surface area contributed by atoms with E-state index in [1.807, 2.05) is 0 Å². The van der Waals surface area contributed by atoms with Gasteiger partial charge in [0, 0.05) is 12.5 Å². The average Bonchev–Trinajstić information content (AvgIpc) is 2.52. The smallest absolute Gasteiger partial charge is 0.416 e. The number of aliphatic carboxylic acids is 1. The summed E-state index contributed by atoms with van der Waals surface area (Å²) in [5.41, 5.74) is 0.190. The Bertz CT molecular complexity index is 569. The molecule has 1 fully saturated rings. The van der Waals surface area contributed by atoms with Crippen LogP contribution in [0.5, 0.6) is 0 Å². The molecule has 0 amide bonds. The van der Waals surface area contributed by atoms with Crippen molar-refractivity contribution in [2.24, 2.45) is 11.8 Å². The van der Waals surface area contributed by atoms with E-state index in [2.05, 4.69) is 18.7 Å². The monoisotopic (exact) mass is 357 g/mol. The number of carboxylic acids is 1. The molecule has 1 N–H and O–H groups in total. The number of alkyl halides is 3. The maximum Gasteiger partial charge on any atom is 0.416 e. The van der Waals surface area contributed by atoms with Gasteiger partial charge in [0.25, 0.3) is 0 Å². The summed E-state index contributed by atoms with van der Waals surface area (Å²) in [6.45, 7) is 5.95. The first-order valence-corrected chi connectivity index (χ1v) is 8.79. The molecular weight excluding hydrogens is 331 g/mol. The molecule has 140 valence electrons. The maximum atomic E-state index is 12.8. The van der Waals surface area contributed by atoms with Gasteiger partial charge in [-0.3, -0.25) is 9.69 Å². The summed E-state index contributed by atoms with van der Waals surface area (Å²) in [6, 6.07) is 5.31. The summed E-state index contributed by atoms with van der Waals surface area (Å²) >= 11 is 0. The average molecular weight is 357 g/mol. The van der Waals surface area contributed by atoms with E-state index in [0.717, 1.165) is 43.6 Å². The van der Waals surface area contributed by atoms with Crippen LogP contribution in [-0.4, -0.2) is 29.1 Å². The molecule has 1 saturated heterocycles. The van der Waals surface area contributed by atoms with Crippen molar-refractivity contribution < 1.29 is 23.1 Å². The number of nitrogens with zero attached hydrogens (tertiary/aromatic N) is 1. The Kier molecular flexibility index (Phi) is 6.49. The SMILES string of the molecule is CC(C)CCN1CCC(CC(=O)O)C[C@H]1c1ccc(C(F)(F)F)cc1. The third kappa shape index (κ3) is 5.73. The number of carbonyl (C=O) groups is 1. The first-order valence-electron chi connectivity index (χ1n) is 8.79. The molecule has 1 aliphatic rings. The second-order valence-corrected chi connectivity index (χ2v) is 7.34. The van der Waals surface area contributed by atoms with Crippen LogP contribution in [0, 0.1) is 11.8 Å². The largest absolute Gasteiger partial charge is 0.481 e. The van der Waals surface area contributed by atoms with Gasteiger partial charge in [-0.05, 0) is 61.9 Å². The molecule has 2 atom stereocenters. The highest BCUT2D eigenvalue weighted by molar-refractivity contribution is 5.67. The molecule has 2 rings (SSSR count). The minimum Gasteiger partial charge on any atom is -0.481 e. The third-order valence-corrected chi connectivity index (χ3v) is 4.90. The maximum absolute atomic E-state index is 12.8. The van der Waals surface area contributed by atoms with Gasteiger partial charge in [0.15, 0.2) is 0 Å². The van der Waals surface area contributed by atoms with Crippen molar-refractivity contribution in [3.05, 3.63) is 35.4 Å². The van der Waals surface area contributed by atoms with Crippen LogP contribution in [0.3, 0.4) is 0 Å². The van der Waals surface area contributed by atoms with Crippen LogP contribution in [-0.2, 0) is 11.0 Å². The summed E-state index contributed by atoms with van der Waals surface area (Å²) in [5, 5.41) is 9.05. The Morgan fingerprint density at radius 1 is 1.28 bits per heavy atom. The third-order valence-electron chi connectivity index (χ3n) is 4.90. The lowest BCUT2D eigenvalue weighted by atomic mass is 9.84. The molecule has 25 heavy (non-hydrogen) atoms. The lowest BCUT2D eigenvalue weighted by Crippen LogP contribution is -2.38. The van der Waals surface area contributed by atoms with Gasteiger partial charge in [-0.1, -0.05) is 26.0 Å². The topological polar surface area (TPSA) is 40.5 Å². The van der Waals surface area contributed by atoms with Crippen LogP contribution in [0.1, 0.15) is 56.7 Å². The van der Waals surface area contributed by atoms with E-state index in [1.54, 1.807) is 12.1 Å². The normalized spacial score (nSPS) is 22.3. The van der Waals surface area contributed by atoms with Crippen LogP contribution in [0.15, 0.2) is 24.3 Å². The van der Waals surface area contributed by atoms with Gasteiger partial charge < -0.3 is 5.11 Å². The van der Waals surface area contributed by atoms with Gasteiger partial charge >= 0.3 is 12.1 Å². The summed E-state index contributed by atoms with van der Waals surface area (Å²) in [4.78, 5) is 13.3. The highest BCUT2D eigenvalue weighted by Gasteiger charge is 2.33. The quantitative estimate of drug-likeness (QED) is 0.781. The van der Waals surface area contributed by atoms with Gasteiger partial charge in [-0.25, -0.2) is 0 Å². The van der Waals surface area contributed by atoms with E-state index in [4.69, 9.17) is 5.11 Å². The Labute approximate surface area is 146 Å². The summed E-state index contributed by atoms with van der Waals surface area (Å²) in [7, 11) is 0. The Hall–Kier alpha value is -1.56. The number of rotatable bonds is 6. The molecule has 0 bridgehead atoms. The predicted octanol–water partition coefficient (Wildman–Crippen LogP) is 4.98. The van der Waals surface area contributed by atoms with Crippen LogP contribution >= 0.6 is 0 Å². The fourth-order valence-electron chi connectivity index (χ4n) is 3.45. The molecule has 1 aliphatic heterocycles. The summed E-state index contributed by atoms with van der Waals surface area (Å²) < 4.78 is 38.3. The zero-order chi connectivity index (χ0) is 18.6. The van der Waals surface area contributed by atoms with Gasteiger partial charge in [0.05, 0.1) is 5.56 Å². The highest BCUT2D eigenvalue weighted by atomic mass is 19.4. The predicted molar refractivity (Wildman–Crippen MR) is 90.2 cm³/mol. The number of hydrogen-bond acceptors (Lipinski definition) is 2. The number of piperidine rings is 1. The molecule has 1 unspecified atom stereocenters. The first-order chi connectivity index (χ1) is 11.7. The minimum atomic E-state index is -4.34. The molecule has 0 aromatic heterocycles. The number of benzene rings is 1. The van der Waals surface area contributed by atoms with E-state index in [-0.39, 0.29) is 18.4 Å². The van der Waals surface area contributed by atoms with E-state index in [1.165, 1.54) is 0 Å². The number of hydrogen-bond donors (Lipinski definition) is 1. The van der Waals surface area contributed by atoms with Crippen molar-refractivity contribution in [1.29, 1.82) is 0 Å². The van der Waals surface area contributed by atoms with Gasteiger partial charge in [0.2, 0.25) is 0 Å². The molecule has 6 heteroatoms. The molecule has 0 aliphatic carbocycles. The van der Waals surface area contributed by atoms with Crippen molar-refractivity contribution in [3.63, 3.8) is 0 Å². The summed E-state index contributed by atoms with van der Waals surface area (Å²) in [6.07, 6.45) is -1.71. The Balaban J connectivity index is 2.17. The standard InChI is InChI=1S/C19H26F3NO2/c1-13(2)7-9-23-10-8-14(12-18(24)25)11-17(23)15-3-5-16(6-4-15)19(20,21)22/h3-6,13-14,17H,7-12H2,1-2H3,(H,24,25)/t14?,17-/m0/s1. The lowest BCUT2D eigenvalue weighted by Gasteiger charge is -2.40. The Morgan fingerprint density at radius 2 is 1.92 bits per heavy atom. The molecule has 0 spiro atoms. The lowest BCUT2D eigenvalue weighted by molar-refractivity contribution is -0.139. The van der Waals surface area contributed by atoms with Crippen LogP contribution in [0.4, 0.5) is 13.2 Å². The first kappa shape index (κ1) is 19.8. The van der Waals surface area contributed by atoms with E-state index in [0.29, 0.717) is 12.3 Å². The van der Waals surface area contributed by atoms with Crippen LogP contribution in [0.2, 0.25) is 0 Å². The fourth-order valence-corrected chi connectivity index (χ4v) is 3.45. The molecule has 0 radical (unpaired) electrons. The van der Waals surface area contributed by atoms with Gasteiger partial charge in [-0.2, -0.15) is 13.2 Å². The molecule has 1 aromatic carbocycles. The van der Waals surface area contributed by atoms with E-state index < -0.39 is 17.7 Å². The molecule has 1 aromatic rings. The zero-order valence-electron chi connectivity index (χ0n) is 14.7. The minimum absolute atomic E-state index is 0.0147. The van der Waals surface area contributed by atoms with Crippen molar-refractivity contribution in [2.75, 3.05) is 13.1 Å². The van der Waals surface area contributed by atoms with Crippen LogP contribution < -0.4 is 0 Å². The number of likely N-dealkylation sites (tertiary alicyclic amines) is 1. The highest BCUT2D eigenvalue weighted by Crippen LogP contribution is 2.37. The molecule has 1 heterocycles. The number of carboxylic acid groups (broad SMARTS) is 1. The van der Waals surface area contributed by atoms with Crippen molar-refractivity contribution in [3.8, 4) is 0 Å². The van der Waals surface area contributed by atoms with Crippen LogP contribution in [0.25, 0.3) is 0 Å².